The number of ketones is 1. The third-order valence-electron chi connectivity index (χ3n) is 3.11. The van der Waals surface area contributed by atoms with E-state index in [9.17, 15) is 4.79 Å². The van der Waals surface area contributed by atoms with Gasteiger partial charge in [-0.25, -0.2) is 4.68 Å². The van der Waals surface area contributed by atoms with Gasteiger partial charge in [-0.1, -0.05) is 30.9 Å². The molecule has 0 aliphatic heterocycles. The zero-order chi connectivity index (χ0) is 10.7. The van der Waals surface area contributed by atoms with Crippen molar-refractivity contribution in [2.24, 2.45) is 0 Å². The van der Waals surface area contributed by atoms with Gasteiger partial charge in [-0.3, -0.25) is 4.79 Å². The van der Waals surface area contributed by atoms with Gasteiger partial charge in [-0.2, -0.15) is 0 Å². The van der Waals surface area contributed by atoms with Crippen LogP contribution in [0, 0.1) is 0 Å². The maximum atomic E-state index is 11.4. The van der Waals surface area contributed by atoms with Crippen LogP contribution in [0.15, 0.2) is 6.20 Å². The molecule has 1 saturated carbocycles. The van der Waals surface area contributed by atoms with Crippen molar-refractivity contribution in [3.8, 4) is 0 Å². The number of rotatable bonds is 2. The van der Waals surface area contributed by atoms with Gasteiger partial charge in [0.1, 0.15) is 5.69 Å². The molecule has 0 bridgehead atoms. The fraction of sp³-hybridized carbons (Fsp3) is 0.727. The van der Waals surface area contributed by atoms with Crippen LogP contribution in [0.4, 0.5) is 0 Å². The molecule has 1 aromatic heterocycles. The average molecular weight is 207 g/mol. The first kappa shape index (κ1) is 10.3. The van der Waals surface area contributed by atoms with Gasteiger partial charge in [-0.15, -0.1) is 5.10 Å². The monoisotopic (exact) mass is 207 g/mol. The molecule has 1 aliphatic carbocycles. The van der Waals surface area contributed by atoms with Crippen LogP contribution in [0.3, 0.4) is 0 Å². The zero-order valence-electron chi connectivity index (χ0n) is 9.15. The highest BCUT2D eigenvalue weighted by Gasteiger charge is 2.19. The number of carbonyl (C=O) groups excluding carboxylic acids is 1. The first-order chi connectivity index (χ1) is 7.29. The van der Waals surface area contributed by atoms with E-state index in [0.717, 1.165) is 12.8 Å². The summed E-state index contributed by atoms with van der Waals surface area (Å²) in [5, 5.41) is 7.89. The molecule has 82 valence electrons. The first-order valence-electron chi connectivity index (χ1n) is 5.70. The molecule has 15 heavy (non-hydrogen) atoms. The van der Waals surface area contributed by atoms with Crippen LogP contribution in [-0.2, 0) is 0 Å². The van der Waals surface area contributed by atoms with Crippen molar-refractivity contribution in [3.63, 3.8) is 0 Å². The molecule has 4 nitrogen and oxygen atoms in total. The van der Waals surface area contributed by atoms with Crippen molar-refractivity contribution in [2.75, 3.05) is 0 Å². The van der Waals surface area contributed by atoms with Gasteiger partial charge in [0.15, 0.2) is 5.78 Å². The Bertz CT molecular complexity index is 337. The van der Waals surface area contributed by atoms with Crippen molar-refractivity contribution in [1.82, 2.24) is 15.0 Å². The molecule has 1 fully saturated rings. The zero-order valence-corrected chi connectivity index (χ0v) is 9.15. The van der Waals surface area contributed by atoms with E-state index in [1.165, 1.54) is 25.7 Å². The smallest absolute Gasteiger partial charge is 0.179 e. The van der Waals surface area contributed by atoms with Crippen LogP contribution >= 0.6 is 0 Å². The second-order valence-corrected chi connectivity index (χ2v) is 4.27. The highest BCUT2D eigenvalue weighted by atomic mass is 16.1. The van der Waals surface area contributed by atoms with Crippen molar-refractivity contribution in [1.29, 1.82) is 0 Å². The van der Waals surface area contributed by atoms with E-state index >= 15 is 0 Å². The molecule has 1 aromatic rings. The fourth-order valence-corrected chi connectivity index (χ4v) is 2.27. The second kappa shape index (κ2) is 4.55. The van der Waals surface area contributed by atoms with Gasteiger partial charge in [0.05, 0.1) is 12.2 Å². The van der Waals surface area contributed by atoms with Crippen LogP contribution in [0.5, 0.6) is 0 Å². The molecular weight excluding hydrogens is 190 g/mol. The van der Waals surface area contributed by atoms with Gasteiger partial charge < -0.3 is 0 Å². The molecule has 2 rings (SSSR count). The highest BCUT2D eigenvalue weighted by Crippen LogP contribution is 2.27. The lowest BCUT2D eigenvalue weighted by atomic mass is 10.1. The summed E-state index contributed by atoms with van der Waals surface area (Å²) in [5.74, 6) is 0.0595. The molecule has 0 unspecified atom stereocenters. The number of hydrogen-bond donors (Lipinski definition) is 0. The predicted molar refractivity (Wildman–Crippen MR) is 56.8 cm³/mol. The summed E-state index contributed by atoms with van der Waals surface area (Å²) in [6.45, 7) is 1.58. The minimum Gasteiger partial charge on any atom is -0.293 e. The summed E-state index contributed by atoms with van der Waals surface area (Å²) in [6.07, 6.45) is 8.92. The Morgan fingerprint density at radius 2 is 2.00 bits per heavy atom. The highest BCUT2D eigenvalue weighted by molar-refractivity contribution is 5.91. The molecule has 0 amide bonds. The van der Waals surface area contributed by atoms with Crippen LogP contribution in [0.1, 0.15) is 62.0 Å². The van der Waals surface area contributed by atoms with Gasteiger partial charge in [0, 0.05) is 6.92 Å². The molecule has 0 radical (unpaired) electrons. The van der Waals surface area contributed by atoms with Crippen molar-refractivity contribution >= 4 is 5.78 Å². The van der Waals surface area contributed by atoms with Gasteiger partial charge in [0.2, 0.25) is 0 Å². The molecule has 0 atom stereocenters. The van der Waals surface area contributed by atoms with E-state index in [2.05, 4.69) is 10.3 Å². The summed E-state index contributed by atoms with van der Waals surface area (Å²) in [7, 11) is 0. The number of hydrogen-bond acceptors (Lipinski definition) is 3. The maximum absolute atomic E-state index is 11.4. The lowest BCUT2D eigenvalue weighted by molar-refractivity contribution is 0.0999. The van der Waals surface area contributed by atoms with Gasteiger partial charge >= 0.3 is 0 Å². The molecule has 0 aromatic carbocycles. The molecule has 4 heteroatoms. The summed E-state index contributed by atoms with van der Waals surface area (Å²) < 4.78 is 1.83. The SMILES string of the molecule is CC(=O)c1cnnn1C1CCCCCC1. The Kier molecular flexibility index (Phi) is 3.14. The molecule has 1 heterocycles. The van der Waals surface area contributed by atoms with Crippen molar-refractivity contribution in [2.45, 2.75) is 51.5 Å². The minimum atomic E-state index is 0.0595. The standard InChI is InChI=1S/C11H17N3O/c1-9(15)11-8-12-13-14(11)10-6-4-2-3-5-7-10/h8,10H,2-7H2,1H3. The van der Waals surface area contributed by atoms with Crippen LogP contribution < -0.4 is 0 Å². The van der Waals surface area contributed by atoms with Crippen molar-refractivity contribution < 1.29 is 4.79 Å². The van der Waals surface area contributed by atoms with Gasteiger partial charge in [-0.05, 0) is 12.8 Å². The number of carbonyl (C=O) groups is 1. The van der Waals surface area contributed by atoms with Crippen LogP contribution in [-0.4, -0.2) is 20.8 Å². The molecular formula is C11H17N3O. The average Bonchev–Trinajstić information content (AvgIpc) is 2.55. The lowest BCUT2D eigenvalue weighted by Crippen LogP contribution is -2.15. The Hall–Kier alpha value is -1.19. The summed E-state index contributed by atoms with van der Waals surface area (Å²) >= 11 is 0. The summed E-state index contributed by atoms with van der Waals surface area (Å²) in [5.41, 5.74) is 0.655. The fourth-order valence-electron chi connectivity index (χ4n) is 2.27. The first-order valence-corrected chi connectivity index (χ1v) is 5.70. The van der Waals surface area contributed by atoms with Crippen LogP contribution in [0.25, 0.3) is 0 Å². The maximum Gasteiger partial charge on any atom is 0.179 e. The van der Waals surface area contributed by atoms with E-state index < -0.39 is 0 Å². The second-order valence-electron chi connectivity index (χ2n) is 4.27. The molecule has 1 aliphatic rings. The van der Waals surface area contributed by atoms with E-state index in [-0.39, 0.29) is 5.78 Å². The normalized spacial score (nSPS) is 18.7. The minimum absolute atomic E-state index is 0.0595. The summed E-state index contributed by atoms with van der Waals surface area (Å²) in [6, 6.07) is 0.383. The number of Topliss-reactive ketones (excluding diaryl/α,β-unsaturated/α-hetero) is 1. The Balaban J connectivity index is 2.19. The summed E-state index contributed by atoms with van der Waals surface area (Å²) in [4.78, 5) is 11.4. The molecule has 0 saturated heterocycles. The Morgan fingerprint density at radius 3 is 2.60 bits per heavy atom. The number of nitrogens with zero attached hydrogens (tertiary/aromatic N) is 3. The molecule has 0 N–H and O–H groups in total. The van der Waals surface area contributed by atoms with E-state index in [1.54, 1.807) is 13.1 Å². The quantitative estimate of drug-likeness (QED) is 0.552. The van der Waals surface area contributed by atoms with Crippen LogP contribution in [0.2, 0.25) is 0 Å². The lowest BCUT2D eigenvalue weighted by Gasteiger charge is -2.15. The van der Waals surface area contributed by atoms with Gasteiger partial charge in [0.25, 0.3) is 0 Å². The van der Waals surface area contributed by atoms with Crippen molar-refractivity contribution in [3.05, 3.63) is 11.9 Å². The Labute approximate surface area is 89.7 Å². The van der Waals surface area contributed by atoms with E-state index in [1.807, 2.05) is 4.68 Å². The third-order valence-corrected chi connectivity index (χ3v) is 3.11. The van der Waals surface area contributed by atoms with E-state index in [4.69, 9.17) is 0 Å². The third kappa shape index (κ3) is 2.25. The largest absolute Gasteiger partial charge is 0.293 e. The Morgan fingerprint density at radius 1 is 1.33 bits per heavy atom. The predicted octanol–water partition coefficient (Wildman–Crippen LogP) is 2.38. The number of aromatic nitrogens is 3. The van der Waals surface area contributed by atoms with E-state index in [0.29, 0.717) is 11.7 Å². The molecule has 0 spiro atoms. The topological polar surface area (TPSA) is 47.8 Å².